The Hall–Kier alpha value is -1.63. The molecule has 0 saturated carbocycles. The van der Waals surface area contributed by atoms with Gasteiger partial charge in [-0.25, -0.2) is 4.79 Å². The van der Waals surface area contributed by atoms with E-state index in [0.29, 0.717) is 19.7 Å². The molecular formula is C11H16N2O5. The Balaban J connectivity index is 1.91. The zero-order valence-electron chi connectivity index (χ0n) is 10.2. The van der Waals surface area contributed by atoms with Crippen molar-refractivity contribution in [1.82, 2.24) is 4.90 Å². The van der Waals surface area contributed by atoms with Gasteiger partial charge in [0, 0.05) is 19.5 Å². The van der Waals surface area contributed by atoms with E-state index in [4.69, 9.17) is 14.7 Å². The summed E-state index contributed by atoms with van der Waals surface area (Å²) in [6.45, 7) is 3.54. The van der Waals surface area contributed by atoms with E-state index in [9.17, 15) is 9.59 Å². The van der Waals surface area contributed by atoms with Crippen LogP contribution in [0.2, 0.25) is 0 Å². The average molecular weight is 256 g/mol. The van der Waals surface area contributed by atoms with Gasteiger partial charge in [0.1, 0.15) is 0 Å². The molecule has 2 rings (SSSR count). The van der Waals surface area contributed by atoms with Crippen molar-refractivity contribution in [3.05, 3.63) is 0 Å². The number of morpholine rings is 1. The third kappa shape index (κ3) is 2.61. The quantitative estimate of drug-likeness (QED) is 0.758. The molecule has 0 aromatic rings. The maximum atomic E-state index is 12.1. The largest absolute Gasteiger partial charge is 0.477 e. The lowest BCUT2D eigenvalue weighted by molar-refractivity contribution is -0.149. The van der Waals surface area contributed by atoms with Gasteiger partial charge >= 0.3 is 5.97 Å². The second kappa shape index (κ2) is 5.34. The van der Waals surface area contributed by atoms with Gasteiger partial charge in [-0.05, 0) is 6.42 Å². The number of amides is 1. The third-order valence-corrected chi connectivity index (χ3v) is 3.10. The van der Waals surface area contributed by atoms with Crippen LogP contribution in [0.5, 0.6) is 0 Å². The third-order valence-electron chi connectivity index (χ3n) is 3.10. The first-order valence-electron chi connectivity index (χ1n) is 5.98. The highest BCUT2D eigenvalue weighted by Gasteiger charge is 2.36. The first-order chi connectivity index (χ1) is 8.61. The van der Waals surface area contributed by atoms with Crippen LogP contribution in [0.1, 0.15) is 19.8 Å². The Bertz CT molecular complexity index is 382. The summed E-state index contributed by atoms with van der Waals surface area (Å²) >= 11 is 0. The lowest BCUT2D eigenvalue weighted by Gasteiger charge is -2.33. The lowest BCUT2D eigenvalue weighted by Crippen LogP contribution is -2.49. The van der Waals surface area contributed by atoms with Crippen molar-refractivity contribution in [3.63, 3.8) is 0 Å². The van der Waals surface area contributed by atoms with Crippen molar-refractivity contribution in [2.75, 3.05) is 19.7 Å². The van der Waals surface area contributed by atoms with Gasteiger partial charge in [-0.1, -0.05) is 12.1 Å². The summed E-state index contributed by atoms with van der Waals surface area (Å²) in [6, 6.07) is 0. The summed E-state index contributed by atoms with van der Waals surface area (Å²) in [4.78, 5) is 29.3. The van der Waals surface area contributed by atoms with E-state index in [1.54, 1.807) is 4.90 Å². The van der Waals surface area contributed by atoms with E-state index in [-0.39, 0.29) is 24.1 Å². The molecule has 1 saturated heterocycles. The Morgan fingerprint density at radius 3 is 2.94 bits per heavy atom. The first-order valence-corrected chi connectivity index (χ1v) is 5.98. The molecule has 0 radical (unpaired) electrons. The summed E-state index contributed by atoms with van der Waals surface area (Å²) in [5.41, 5.74) is -0.103. The average Bonchev–Trinajstić information content (AvgIpc) is 2.87. The van der Waals surface area contributed by atoms with Crippen LogP contribution in [-0.2, 0) is 19.2 Å². The summed E-state index contributed by atoms with van der Waals surface area (Å²) in [5.74, 6) is -1.35. The number of carboxylic acids is 1. The fourth-order valence-electron chi connectivity index (χ4n) is 2.01. The number of carbonyl (C=O) groups is 2. The van der Waals surface area contributed by atoms with Gasteiger partial charge in [0.05, 0.1) is 12.7 Å². The zero-order valence-corrected chi connectivity index (χ0v) is 10.2. The van der Waals surface area contributed by atoms with Gasteiger partial charge in [0.25, 0.3) is 5.91 Å². The number of carbonyl (C=O) groups excluding carboxylic acids is 1. The number of nitrogens with zero attached hydrogens (tertiary/aromatic N) is 2. The van der Waals surface area contributed by atoms with Crippen molar-refractivity contribution < 1.29 is 24.3 Å². The van der Waals surface area contributed by atoms with Crippen LogP contribution in [0, 0.1) is 0 Å². The minimum atomic E-state index is -1.14. The van der Waals surface area contributed by atoms with E-state index in [1.165, 1.54) is 0 Å². The molecule has 7 nitrogen and oxygen atoms in total. The van der Waals surface area contributed by atoms with Gasteiger partial charge in [-0.3, -0.25) is 4.79 Å². The number of rotatable bonds is 3. The van der Waals surface area contributed by atoms with E-state index in [0.717, 1.165) is 6.42 Å². The molecule has 0 aromatic carbocycles. The summed E-state index contributed by atoms with van der Waals surface area (Å²) in [6.07, 6.45) is 0.116. The smallest absolute Gasteiger partial charge is 0.353 e. The topological polar surface area (TPSA) is 88.4 Å². The molecule has 7 heteroatoms. The van der Waals surface area contributed by atoms with Crippen molar-refractivity contribution in [1.29, 1.82) is 0 Å². The van der Waals surface area contributed by atoms with Crippen molar-refractivity contribution in [2.24, 2.45) is 5.16 Å². The van der Waals surface area contributed by atoms with Crippen LogP contribution in [0.3, 0.4) is 0 Å². The van der Waals surface area contributed by atoms with Gasteiger partial charge in [0.15, 0.2) is 5.71 Å². The molecule has 2 atom stereocenters. The normalized spacial score (nSPS) is 27.6. The maximum absolute atomic E-state index is 12.1. The number of oxime groups is 1. The Morgan fingerprint density at radius 1 is 1.56 bits per heavy atom. The van der Waals surface area contributed by atoms with Crippen LogP contribution in [0.15, 0.2) is 5.16 Å². The van der Waals surface area contributed by atoms with Crippen LogP contribution in [0.25, 0.3) is 0 Å². The monoisotopic (exact) mass is 256 g/mol. The summed E-state index contributed by atoms with van der Waals surface area (Å²) in [7, 11) is 0. The van der Waals surface area contributed by atoms with Gasteiger partial charge in [-0.2, -0.15) is 0 Å². The van der Waals surface area contributed by atoms with Crippen LogP contribution < -0.4 is 0 Å². The molecule has 0 spiro atoms. The Kier molecular flexibility index (Phi) is 3.81. The molecule has 0 aromatic heterocycles. The molecule has 1 N–H and O–H groups in total. The van der Waals surface area contributed by atoms with E-state index in [2.05, 4.69) is 5.16 Å². The zero-order chi connectivity index (χ0) is 13.1. The predicted molar refractivity (Wildman–Crippen MR) is 61.2 cm³/mol. The molecule has 2 unspecified atom stereocenters. The minimum absolute atomic E-state index is 0.0301. The van der Waals surface area contributed by atoms with Crippen molar-refractivity contribution in [2.45, 2.75) is 32.0 Å². The van der Waals surface area contributed by atoms with Gasteiger partial charge in [-0.15, -0.1) is 0 Å². The SMILES string of the molecule is CCC1CN(C(=O)C2CC(C(=O)O)=NO2)CCO1. The molecule has 1 fully saturated rings. The molecule has 18 heavy (non-hydrogen) atoms. The molecule has 0 aliphatic carbocycles. The van der Waals surface area contributed by atoms with E-state index < -0.39 is 12.1 Å². The lowest BCUT2D eigenvalue weighted by atomic mass is 10.1. The molecular weight excluding hydrogens is 240 g/mol. The van der Waals surface area contributed by atoms with Crippen LogP contribution in [0.4, 0.5) is 0 Å². The van der Waals surface area contributed by atoms with Crippen LogP contribution >= 0.6 is 0 Å². The highest BCUT2D eigenvalue weighted by molar-refractivity contribution is 6.36. The number of hydrogen-bond acceptors (Lipinski definition) is 5. The number of ether oxygens (including phenoxy) is 1. The van der Waals surface area contributed by atoms with Crippen LogP contribution in [-0.4, -0.2) is 59.5 Å². The molecule has 2 heterocycles. The Labute approximate surface area is 104 Å². The van der Waals surface area contributed by atoms with Gasteiger partial charge < -0.3 is 19.6 Å². The standard InChI is InChI=1S/C11H16N2O5/c1-2-7-6-13(3-4-17-7)10(14)9-5-8(11(15)16)12-18-9/h7,9H,2-6H2,1H3,(H,15,16). The first kappa shape index (κ1) is 12.8. The second-order valence-electron chi connectivity index (χ2n) is 4.33. The fraction of sp³-hybridized carbons (Fsp3) is 0.727. The molecule has 2 aliphatic heterocycles. The maximum Gasteiger partial charge on any atom is 0.353 e. The predicted octanol–water partition coefficient (Wildman–Crippen LogP) is -0.147. The number of aliphatic carboxylic acids is 1. The second-order valence-corrected chi connectivity index (χ2v) is 4.33. The number of carboxylic acid groups (broad SMARTS) is 1. The highest BCUT2D eigenvalue weighted by Crippen LogP contribution is 2.16. The Morgan fingerprint density at radius 2 is 2.33 bits per heavy atom. The van der Waals surface area contributed by atoms with E-state index >= 15 is 0 Å². The summed E-state index contributed by atoms with van der Waals surface area (Å²) in [5, 5.41) is 12.2. The summed E-state index contributed by atoms with van der Waals surface area (Å²) < 4.78 is 5.47. The molecule has 100 valence electrons. The van der Waals surface area contributed by atoms with E-state index in [1.807, 2.05) is 6.92 Å². The molecule has 0 bridgehead atoms. The van der Waals surface area contributed by atoms with Crippen molar-refractivity contribution >= 4 is 17.6 Å². The highest BCUT2D eigenvalue weighted by atomic mass is 16.6. The minimum Gasteiger partial charge on any atom is -0.477 e. The molecule has 2 aliphatic rings. The van der Waals surface area contributed by atoms with Crippen molar-refractivity contribution in [3.8, 4) is 0 Å². The van der Waals surface area contributed by atoms with Gasteiger partial charge in [0.2, 0.25) is 6.10 Å². The number of hydrogen-bond donors (Lipinski definition) is 1. The molecule has 1 amide bonds. The fourth-order valence-corrected chi connectivity index (χ4v) is 2.01.